The lowest BCUT2D eigenvalue weighted by atomic mass is 9.85. The average molecular weight is 670 g/mol. The van der Waals surface area contributed by atoms with E-state index in [-0.39, 0.29) is 55.6 Å². The first-order valence-corrected chi connectivity index (χ1v) is 16.2. The Morgan fingerprint density at radius 2 is 1.77 bits per heavy atom. The molecular formula is C34H51N7O7. The van der Waals surface area contributed by atoms with E-state index in [1.54, 1.807) is 20.8 Å². The summed E-state index contributed by atoms with van der Waals surface area (Å²) >= 11 is 0. The molecule has 6 N–H and O–H groups in total. The summed E-state index contributed by atoms with van der Waals surface area (Å²) in [5, 5.41) is 20.9. The number of terminal acetylenes is 1. The fourth-order valence-corrected chi connectivity index (χ4v) is 6.40. The summed E-state index contributed by atoms with van der Waals surface area (Å²) in [6.07, 6.45) is 8.18. The van der Waals surface area contributed by atoms with Crippen LogP contribution in [-0.2, 0) is 25.7 Å². The van der Waals surface area contributed by atoms with E-state index in [4.69, 9.17) is 6.42 Å². The number of ketones is 1. The van der Waals surface area contributed by atoms with Gasteiger partial charge in [-0.25, -0.2) is 9.59 Å². The highest BCUT2D eigenvalue weighted by atomic mass is 16.3. The second-order valence-corrected chi connectivity index (χ2v) is 15.5. The number of aromatic nitrogens is 2. The number of H-pyrrole nitrogens is 1. The standard InChI is InChI=1S/C34H51N7O7/c1-11-13-14-20(25(43)28(45)35-15-12-2)37-27(44)24-23-19(34(23,9)10)17-41(24)29(46)26(33(6,7)8)39-30(47)38-21(32(3,4)5)18-40-22(42)16-36-31(40)48/h1,12,16,19-21,23-24,26,42H,2,13-15,17-18H2,3-10H3,(H,35,45)(H,36,48)(H,37,44)(H2,38,39,47)/t19-,20?,21+,23-,24-,26+/m0/s1. The van der Waals surface area contributed by atoms with E-state index in [2.05, 4.69) is 38.8 Å². The molecule has 1 aromatic rings. The summed E-state index contributed by atoms with van der Waals surface area (Å²) in [5.41, 5.74) is -2.13. The Labute approximate surface area is 281 Å². The van der Waals surface area contributed by atoms with Gasteiger partial charge in [0.25, 0.3) is 5.91 Å². The molecular weight excluding hydrogens is 618 g/mol. The Balaban J connectivity index is 1.85. The monoisotopic (exact) mass is 669 g/mol. The number of carbonyl (C=O) groups is 5. The third-order valence-corrected chi connectivity index (χ3v) is 9.55. The molecule has 0 aromatic carbocycles. The largest absolute Gasteiger partial charge is 0.493 e. The molecule has 1 aromatic heterocycles. The Morgan fingerprint density at radius 1 is 1.12 bits per heavy atom. The van der Waals surface area contributed by atoms with Gasteiger partial charge in [0.2, 0.25) is 23.5 Å². The summed E-state index contributed by atoms with van der Waals surface area (Å²) in [7, 11) is 0. The number of carbonyl (C=O) groups excluding carboxylic acids is 5. The van der Waals surface area contributed by atoms with Crippen LogP contribution in [0.3, 0.4) is 0 Å². The molecule has 0 spiro atoms. The summed E-state index contributed by atoms with van der Waals surface area (Å²) < 4.78 is 1.11. The highest BCUT2D eigenvalue weighted by molar-refractivity contribution is 6.38. The minimum absolute atomic E-state index is 0.0139. The van der Waals surface area contributed by atoms with Gasteiger partial charge in [-0.05, 0) is 34.5 Å². The van der Waals surface area contributed by atoms with E-state index in [0.717, 1.165) is 10.8 Å². The van der Waals surface area contributed by atoms with Gasteiger partial charge in [0, 0.05) is 19.5 Å². The number of fused-ring (bicyclic) bond motifs is 1. The molecule has 48 heavy (non-hydrogen) atoms. The Bertz CT molecular complexity index is 1520. The first kappa shape index (κ1) is 37.9. The lowest BCUT2D eigenvalue weighted by molar-refractivity contribution is -0.145. The number of likely N-dealkylation sites (tertiary alicyclic amines) is 1. The normalized spacial score (nSPS) is 21.5. The molecule has 14 nitrogen and oxygen atoms in total. The number of piperidine rings is 1. The number of nitrogens with one attached hydrogen (secondary N) is 5. The maximum Gasteiger partial charge on any atom is 0.328 e. The number of aromatic hydroxyl groups is 1. The maximum atomic E-state index is 14.3. The molecule has 2 heterocycles. The van der Waals surface area contributed by atoms with Crippen LogP contribution in [0.15, 0.2) is 23.6 Å². The van der Waals surface area contributed by atoms with Crippen LogP contribution < -0.4 is 27.0 Å². The third-order valence-electron chi connectivity index (χ3n) is 9.55. The first-order chi connectivity index (χ1) is 22.2. The first-order valence-electron chi connectivity index (χ1n) is 16.2. The van der Waals surface area contributed by atoms with Crippen LogP contribution in [0.2, 0.25) is 0 Å². The molecule has 1 aliphatic carbocycles. The summed E-state index contributed by atoms with van der Waals surface area (Å²) in [6, 6.07) is -4.51. The summed E-state index contributed by atoms with van der Waals surface area (Å²) in [4.78, 5) is 83.3. The lowest BCUT2D eigenvalue weighted by Gasteiger charge is -2.38. The van der Waals surface area contributed by atoms with E-state index in [0.29, 0.717) is 0 Å². The van der Waals surface area contributed by atoms with E-state index >= 15 is 0 Å². The topological polar surface area (TPSA) is 195 Å². The van der Waals surface area contributed by atoms with Gasteiger partial charge in [-0.15, -0.1) is 18.9 Å². The second-order valence-electron chi connectivity index (χ2n) is 15.5. The zero-order valence-electron chi connectivity index (χ0n) is 29.2. The Morgan fingerprint density at radius 3 is 2.29 bits per heavy atom. The summed E-state index contributed by atoms with van der Waals surface area (Å²) in [5.74, 6) is -0.808. The van der Waals surface area contributed by atoms with Gasteiger partial charge >= 0.3 is 11.7 Å². The minimum atomic E-state index is -1.19. The van der Waals surface area contributed by atoms with Crippen molar-refractivity contribution in [1.82, 2.24) is 35.7 Å². The van der Waals surface area contributed by atoms with E-state index in [1.807, 2.05) is 34.6 Å². The highest BCUT2D eigenvalue weighted by Crippen LogP contribution is 2.65. The minimum Gasteiger partial charge on any atom is -0.493 e. The van der Waals surface area contributed by atoms with Crippen LogP contribution in [-0.4, -0.2) is 86.4 Å². The van der Waals surface area contributed by atoms with Crippen LogP contribution in [0.5, 0.6) is 5.88 Å². The van der Waals surface area contributed by atoms with Crippen LogP contribution in [0.4, 0.5) is 4.79 Å². The predicted octanol–water partition coefficient (Wildman–Crippen LogP) is 1.26. The number of Topliss-reactive ketones (excluding diaryl/α,β-unsaturated/α-hetero) is 1. The number of urea groups is 1. The number of hydrogen-bond acceptors (Lipinski definition) is 7. The van der Waals surface area contributed by atoms with Gasteiger partial charge in [-0.1, -0.05) is 61.5 Å². The number of imidazole rings is 1. The molecule has 2 aliphatic rings. The van der Waals surface area contributed by atoms with Crippen molar-refractivity contribution in [2.45, 2.75) is 98.9 Å². The SMILES string of the molecule is C#CCCC(NC(=O)[C@@H]1[C@@H]2[C@H](CN1C(=O)[C@@H](NC(=O)N[C@H](Cn1c(O)c[nH]c1=O)C(C)(C)C)C(C)(C)C)C2(C)C)C(=O)C(=O)NCC=C. The maximum absolute atomic E-state index is 14.3. The fourth-order valence-electron chi connectivity index (χ4n) is 6.40. The van der Waals surface area contributed by atoms with Crippen molar-refractivity contribution >= 4 is 29.5 Å². The fraction of sp³-hybridized carbons (Fsp3) is 0.647. The zero-order chi connectivity index (χ0) is 36.4. The van der Waals surface area contributed by atoms with Crippen molar-refractivity contribution < 1.29 is 29.1 Å². The van der Waals surface area contributed by atoms with Crippen molar-refractivity contribution in [3.05, 3.63) is 29.3 Å². The van der Waals surface area contributed by atoms with Gasteiger partial charge in [0.05, 0.1) is 24.8 Å². The summed E-state index contributed by atoms with van der Waals surface area (Å²) in [6.45, 7) is 18.8. The predicted molar refractivity (Wildman–Crippen MR) is 179 cm³/mol. The van der Waals surface area contributed by atoms with Crippen molar-refractivity contribution in [3.8, 4) is 18.2 Å². The number of hydrogen-bond donors (Lipinski definition) is 6. The smallest absolute Gasteiger partial charge is 0.328 e. The van der Waals surface area contributed by atoms with Gasteiger partial charge < -0.3 is 36.3 Å². The highest BCUT2D eigenvalue weighted by Gasteiger charge is 2.70. The Hall–Kier alpha value is -4.54. The van der Waals surface area contributed by atoms with Gasteiger partial charge in [0.1, 0.15) is 12.1 Å². The lowest BCUT2D eigenvalue weighted by Crippen LogP contribution is -2.62. The molecule has 1 saturated carbocycles. The molecule has 5 amide bonds. The molecule has 0 radical (unpaired) electrons. The van der Waals surface area contributed by atoms with Crippen molar-refractivity contribution in [2.24, 2.45) is 28.1 Å². The van der Waals surface area contributed by atoms with Gasteiger partial charge in [0.15, 0.2) is 0 Å². The van der Waals surface area contributed by atoms with Crippen LogP contribution >= 0.6 is 0 Å². The number of nitrogens with zero attached hydrogens (tertiary/aromatic N) is 2. The molecule has 3 rings (SSSR count). The number of aromatic amines is 1. The van der Waals surface area contributed by atoms with Crippen molar-refractivity contribution in [3.63, 3.8) is 0 Å². The van der Waals surface area contributed by atoms with Gasteiger partial charge in [-0.2, -0.15) is 0 Å². The van der Waals surface area contributed by atoms with E-state index < -0.39 is 70.2 Å². The van der Waals surface area contributed by atoms with Crippen molar-refractivity contribution in [2.75, 3.05) is 13.1 Å². The molecule has 0 bridgehead atoms. The van der Waals surface area contributed by atoms with Crippen LogP contribution in [0, 0.1) is 40.4 Å². The van der Waals surface area contributed by atoms with Crippen LogP contribution in [0.1, 0.15) is 68.2 Å². The van der Waals surface area contributed by atoms with Gasteiger partial charge in [-0.3, -0.25) is 23.7 Å². The quantitative estimate of drug-likeness (QED) is 0.103. The zero-order valence-corrected chi connectivity index (χ0v) is 29.2. The number of amides is 5. The van der Waals surface area contributed by atoms with Crippen LogP contribution in [0.25, 0.3) is 0 Å². The average Bonchev–Trinajstić information content (AvgIpc) is 3.27. The second kappa shape index (κ2) is 14.3. The molecule has 1 aliphatic heterocycles. The van der Waals surface area contributed by atoms with Crippen molar-refractivity contribution in [1.29, 1.82) is 0 Å². The van der Waals surface area contributed by atoms with E-state index in [1.165, 1.54) is 11.0 Å². The molecule has 14 heteroatoms. The Kier molecular flexibility index (Phi) is 11.3. The molecule has 6 atom stereocenters. The molecule has 1 unspecified atom stereocenters. The van der Waals surface area contributed by atoms with E-state index in [9.17, 15) is 33.9 Å². The number of rotatable bonds is 13. The molecule has 264 valence electrons. The third kappa shape index (κ3) is 8.29. The molecule has 2 fully saturated rings. The molecule has 1 saturated heterocycles.